The molecule has 2 aromatic rings. The fraction of sp³-hybridized carbons (Fsp3) is 0.450. The molecule has 2 N–H and O–H groups in total. The highest BCUT2D eigenvalue weighted by atomic mass is 127. The first-order chi connectivity index (χ1) is 13.2. The lowest BCUT2D eigenvalue weighted by Crippen LogP contribution is -2.46. The minimum atomic E-state index is -0.212. The molecule has 0 saturated carbocycles. The number of benzene rings is 1. The predicted octanol–water partition coefficient (Wildman–Crippen LogP) is 3.55. The van der Waals surface area contributed by atoms with Gasteiger partial charge in [0, 0.05) is 36.4 Å². The number of nitrogens with zero attached hydrogens (tertiary/aromatic N) is 2. The van der Waals surface area contributed by atoms with E-state index in [0.29, 0.717) is 6.54 Å². The van der Waals surface area contributed by atoms with Crippen molar-refractivity contribution in [1.29, 1.82) is 0 Å². The summed E-state index contributed by atoms with van der Waals surface area (Å²) in [5, 5.41) is 6.79. The molecule has 1 aromatic carbocycles. The van der Waals surface area contributed by atoms with Crippen LogP contribution in [0.2, 0.25) is 0 Å². The number of hydrogen-bond donors (Lipinski definition) is 2. The molecule has 0 bridgehead atoms. The highest BCUT2D eigenvalue weighted by molar-refractivity contribution is 14.0. The zero-order valence-electron chi connectivity index (χ0n) is 16.3. The fourth-order valence-corrected chi connectivity index (χ4v) is 4.03. The van der Waals surface area contributed by atoms with Crippen molar-refractivity contribution in [2.24, 2.45) is 4.99 Å². The van der Waals surface area contributed by atoms with Crippen LogP contribution in [0.15, 0.2) is 41.4 Å². The van der Waals surface area contributed by atoms with Crippen molar-refractivity contribution >= 4 is 41.3 Å². The number of hydrogen-bond acceptors (Lipinski definition) is 4. The molecule has 154 valence electrons. The molecule has 28 heavy (non-hydrogen) atoms. The summed E-state index contributed by atoms with van der Waals surface area (Å²) in [5.41, 5.74) is 1.09. The van der Waals surface area contributed by atoms with Gasteiger partial charge in [-0.3, -0.25) is 9.89 Å². The van der Waals surface area contributed by atoms with Crippen molar-refractivity contribution < 1.29 is 9.13 Å². The first kappa shape index (κ1) is 23.1. The first-order valence-corrected chi connectivity index (χ1v) is 10.0. The Labute approximate surface area is 187 Å². The maximum Gasteiger partial charge on any atom is 0.191 e. The van der Waals surface area contributed by atoms with Gasteiger partial charge in [-0.15, -0.1) is 35.3 Å². The van der Waals surface area contributed by atoms with Crippen LogP contribution in [0.4, 0.5) is 4.39 Å². The third-order valence-electron chi connectivity index (χ3n) is 4.65. The second-order valence-corrected chi connectivity index (χ2v) is 7.91. The molecule has 3 rings (SSSR count). The number of thiophene rings is 1. The molecule has 8 heteroatoms. The molecule has 1 aliphatic rings. The SMILES string of the molecule is CN=C(NCc1ccc(C)s1)NCC(c1ccc(F)cc1)N1CCOCC1.I. The average molecular weight is 518 g/mol. The molecule has 1 aliphatic heterocycles. The maximum absolute atomic E-state index is 13.3. The lowest BCUT2D eigenvalue weighted by molar-refractivity contribution is 0.0170. The second kappa shape index (κ2) is 11.7. The minimum absolute atomic E-state index is 0. The van der Waals surface area contributed by atoms with Gasteiger partial charge >= 0.3 is 0 Å². The lowest BCUT2D eigenvalue weighted by atomic mass is 10.0. The van der Waals surface area contributed by atoms with Crippen molar-refractivity contribution in [3.8, 4) is 0 Å². The third kappa shape index (κ3) is 6.68. The molecule has 1 unspecified atom stereocenters. The van der Waals surface area contributed by atoms with Crippen LogP contribution in [-0.2, 0) is 11.3 Å². The molecule has 1 fully saturated rings. The molecule has 0 spiro atoms. The van der Waals surface area contributed by atoms with Crippen LogP contribution in [0.25, 0.3) is 0 Å². The Morgan fingerprint density at radius 1 is 1.18 bits per heavy atom. The number of rotatable bonds is 6. The standard InChI is InChI=1S/C20H27FN4OS.HI/c1-15-3-8-18(27-15)13-23-20(22-2)24-14-19(25-9-11-26-12-10-25)16-4-6-17(21)7-5-16;/h3-8,19H,9-14H2,1-2H3,(H2,22,23,24);1H. The van der Waals surface area contributed by atoms with Crippen molar-refractivity contribution in [2.75, 3.05) is 39.9 Å². The number of morpholine rings is 1. The Bertz CT molecular complexity index is 747. The van der Waals surface area contributed by atoms with Gasteiger partial charge in [-0.2, -0.15) is 0 Å². The highest BCUT2D eigenvalue weighted by Crippen LogP contribution is 2.21. The van der Waals surface area contributed by atoms with Crippen molar-refractivity contribution in [2.45, 2.75) is 19.5 Å². The van der Waals surface area contributed by atoms with Gasteiger partial charge in [-0.25, -0.2) is 4.39 Å². The Hall–Kier alpha value is -1.23. The van der Waals surface area contributed by atoms with Crippen LogP contribution < -0.4 is 10.6 Å². The van der Waals surface area contributed by atoms with Crippen molar-refractivity contribution in [1.82, 2.24) is 15.5 Å². The molecular formula is C20H28FIN4OS. The van der Waals surface area contributed by atoms with E-state index < -0.39 is 0 Å². The minimum Gasteiger partial charge on any atom is -0.379 e. The molecular weight excluding hydrogens is 490 g/mol. The average Bonchev–Trinajstić information content (AvgIpc) is 3.11. The topological polar surface area (TPSA) is 48.9 Å². The van der Waals surface area contributed by atoms with Gasteiger partial charge in [0.2, 0.25) is 0 Å². The maximum atomic E-state index is 13.3. The van der Waals surface area contributed by atoms with Gasteiger partial charge in [0.05, 0.1) is 25.8 Å². The first-order valence-electron chi connectivity index (χ1n) is 9.23. The van der Waals surface area contributed by atoms with Crippen LogP contribution in [0, 0.1) is 12.7 Å². The Morgan fingerprint density at radius 2 is 1.89 bits per heavy atom. The Kier molecular flexibility index (Phi) is 9.63. The van der Waals surface area contributed by atoms with E-state index in [-0.39, 0.29) is 35.8 Å². The van der Waals surface area contributed by atoms with Crippen molar-refractivity contribution in [3.63, 3.8) is 0 Å². The molecule has 0 radical (unpaired) electrons. The lowest BCUT2D eigenvalue weighted by Gasteiger charge is -2.35. The van der Waals surface area contributed by atoms with Gasteiger partial charge in [0.1, 0.15) is 5.82 Å². The molecule has 1 atom stereocenters. The van der Waals surface area contributed by atoms with Gasteiger partial charge in [-0.1, -0.05) is 12.1 Å². The van der Waals surface area contributed by atoms with E-state index >= 15 is 0 Å². The number of nitrogens with one attached hydrogen (secondary N) is 2. The van der Waals surface area contributed by atoms with Gasteiger partial charge in [0.25, 0.3) is 0 Å². The van der Waals surface area contributed by atoms with E-state index in [4.69, 9.17) is 4.74 Å². The molecule has 1 saturated heterocycles. The van der Waals surface area contributed by atoms with Crippen LogP contribution in [0.5, 0.6) is 0 Å². The van der Waals surface area contributed by atoms with E-state index in [2.05, 4.69) is 39.6 Å². The van der Waals surface area contributed by atoms with E-state index in [1.807, 2.05) is 12.1 Å². The summed E-state index contributed by atoms with van der Waals surface area (Å²) in [7, 11) is 1.77. The van der Waals surface area contributed by atoms with Gasteiger partial charge < -0.3 is 15.4 Å². The summed E-state index contributed by atoms with van der Waals surface area (Å²) in [5.74, 6) is 0.553. The molecule has 0 amide bonds. The third-order valence-corrected chi connectivity index (χ3v) is 5.65. The molecule has 2 heterocycles. The largest absolute Gasteiger partial charge is 0.379 e. The van der Waals surface area contributed by atoms with Crippen LogP contribution in [-0.4, -0.2) is 50.8 Å². The molecule has 5 nitrogen and oxygen atoms in total. The van der Waals surface area contributed by atoms with E-state index in [1.165, 1.54) is 21.9 Å². The van der Waals surface area contributed by atoms with Gasteiger partial charge in [0.15, 0.2) is 5.96 Å². The zero-order chi connectivity index (χ0) is 19.1. The zero-order valence-corrected chi connectivity index (χ0v) is 19.4. The summed E-state index contributed by atoms with van der Waals surface area (Å²) in [6, 6.07) is 11.2. The monoisotopic (exact) mass is 518 g/mol. The van der Waals surface area contributed by atoms with Gasteiger partial charge in [-0.05, 0) is 36.8 Å². The quantitative estimate of drug-likeness (QED) is 0.349. The molecule has 0 aliphatic carbocycles. The fourth-order valence-electron chi connectivity index (χ4n) is 3.20. The summed E-state index contributed by atoms with van der Waals surface area (Å²) in [4.78, 5) is 9.29. The highest BCUT2D eigenvalue weighted by Gasteiger charge is 2.23. The number of aliphatic imine (C=N–C) groups is 1. The Morgan fingerprint density at radius 3 is 2.50 bits per heavy atom. The molecule has 1 aromatic heterocycles. The second-order valence-electron chi connectivity index (χ2n) is 6.53. The Balaban J connectivity index is 0.00000280. The van der Waals surface area contributed by atoms with E-state index in [0.717, 1.165) is 44.4 Å². The van der Waals surface area contributed by atoms with E-state index in [1.54, 1.807) is 18.4 Å². The number of aryl methyl sites for hydroxylation is 1. The summed E-state index contributed by atoms with van der Waals surface area (Å²) >= 11 is 1.78. The van der Waals surface area contributed by atoms with Crippen LogP contribution >= 0.6 is 35.3 Å². The predicted molar refractivity (Wildman–Crippen MR) is 124 cm³/mol. The van der Waals surface area contributed by atoms with Crippen LogP contribution in [0.3, 0.4) is 0 Å². The normalized spacial score (nSPS) is 16.3. The number of halogens is 2. The summed E-state index contributed by atoms with van der Waals surface area (Å²) < 4.78 is 18.8. The number of ether oxygens (including phenoxy) is 1. The number of guanidine groups is 1. The smallest absolute Gasteiger partial charge is 0.191 e. The van der Waals surface area contributed by atoms with Crippen LogP contribution in [0.1, 0.15) is 21.4 Å². The van der Waals surface area contributed by atoms with E-state index in [9.17, 15) is 4.39 Å². The van der Waals surface area contributed by atoms with Crippen molar-refractivity contribution in [3.05, 3.63) is 57.5 Å². The summed E-state index contributed by atoms with van der Waals surface area (Å²) in [6.45, 7) is 6.72. The summed E-state index contributed by atoms with van der Waals surface area (Å²) in [6.07, 6.45) is 0.